The fraction of sp³-hybridized carbons (Fsp3) is 0.800. The van der Waals surface area contributed by atoms with Crippen LogP contribution < -0.4 is 10.6 Å². The Labute approximate surface area is 95.4 Å². The van der Waals surface area contributed by atoms with Gasteiger partial charge in [-0.3, -0.25) is 0 Å². The Morgan fingerprint density at radius 3 is 2.56 bits per heavy atom. The highest BCUT2D eigenvalue weighted by molar-refractivity contribution is 5.82. The summed E-state index contributed by atoms with van der Waals surface area (Å²) >= 11 is 0. The van der Waals surface area contributed by atoms with Gasteiger partial charge in [-0.1, -0.05) is 6.92 Å². The van der Waals surface area contributed by atoms with E-state index >= 15 is 0 Å². The Morgan fingerprint density at radius 1 is 1.38 bits per heavy atom. The monoisotopic (exact) mass is 232 g/mol. The van der Waals surface area contributed by atoms with Crippen LogP contribution in [0.3, 0.4) is 0 Å². The van der Waals surface area contributed by atoms with Crippen molar-refractivity contribution in [3.63, 3.8) is 0 Å². The summed E-state index contributed by atoms with van der Waals surface area (Å²) in [5.41, 5.74) is 0. The lowest BCUT2D eigenvalue weighted by atomic mass is 10.2. The van der Waals surface area contributed by atoms with Gasteiger partial charge in [0, 0.05) is 19.8 Å². The molecule has 16 heavy (non-hydrogen) atoms. The number of rotatable bonds is 8. The molecule has 0 spiro atoms. The molecule has 6 heteroatoms. The van der Waals surface area contributed by atoms with Crippen LogP contribution in [0.4, 0.5) is 4.79 Å². The van der Waals surface area contributed by atoms with Gasteiger partial charge in [0.25, 0.3) is 0 Å². The molecule has 94 valence electrons. The first-order chi connectivity index (χ1) is 7.61. The minimum absolute atomic E-state index is 0.363. The molecule has 0 radical (unpaired) electrons. The average Bonchev–Trinajstić information content (AvgIpc) is 2.25. The van der Waals surface area contributed by atoms with Crippen LogP contribution in [0.25, 0.3) is 0 Å². The summed E-state index contributed by atoms with van der Waals surface area (Å²) in [6.45, 7) is 5.32. The fourth-order valence-electron chi connectivity index (χ4n) is 1.07. The van der Waals surface area contributed by atoms with Crippen molar-refractivity contribution < 1.29 is 19.4 Å². The smallest absolute Gasteiger partial charge is 0.326 e. The zero-order valence-electron chi connectivity index (χ0n) is 9.78. The van der Waals surface area contributed by atoms with Crippen LogP contribution in [0.5, 0.6) is 0 Å². The Morgan fingerprint density at radius 2 is 2.06 bits per heavy atom. The molecular formula is C10H20N2O4. The van der Waals surface area contributed by atoms with E-state index < -0.39 is 18.0 Å². The maximum Gasteiger partial charge on any atom is 0.326 e. The molecule has 0 saturated heterocycles. The lowest BCUT2D eigenvalue weighted by Crippen LogP contribution is -2.45. The molecule has 0 aliphatic rings. The molecule has 2 amide bonds. The van der Waals surface area contributed by atoms with Crippen molar-refractivity contribution in [1.29, 1.82) is 0 Å². The summed E-state index contributed by atoms with van der Waals surface area (Å²) in [7, 11) is 0. The van der Waals surface area contributed by atoms with Crippen molar-refractivity contribution in [2.45, 2.75) is 32.7 Å². The Balaban J connectivity index is 3.61. The number of urea groups is 1. The van der Waals surface area contributed by atoms with Gasteiger partial charge < -0.3 is 20.5 Å². The van der Waals surface area contributed by atoms with Crippen molar-refractivity contribution in [3.8, 4) is 0 Å². The topological polar surface area (TPSA) is 87.7 Å². The van der Waals surface area contributed by atoms with Crippen LogP contribution in [0.15, 0.2) is 0 Å². The van der Waals surface area contributed by atoms with E-state index in [2.05, 4.69) is 10.6 Å². The summed E-state index contributed by atoms with van der Waals surface area (Å²) in [6, 6.07) is -1.28. The van der Waals surface area contributed by atoms with Gasteiger partial charge in [-0.05, 0) is 19.8 Å². The molecule has 0 saturated carbocycles. The maximum atomic E-state index is 11.2. The third-order valence-corrected chi connectivity index (χ3v) is 1.97. The van der Waals surface area contributed by atoms with E-state index in [4.69, 9.17) is 9.84 Å². The SMILES string of the molecule is CCOCCCNC(=O)N[C@H](CC)C(=O)O. The summed E-state index contributed by atoms with van der Waals surface area (Å²) in [4.78, 5) is 21.8. The summed E-state index contributed by atoms with van der Waals surface area (Å²) < 4.78 is 5.09. The lowest BCUT2D eigenvalue weighted by Gasteiger charge is -2.12. The quantitative estimate of drug-likeness (QED) is 0.534. The van der Waals surface area contributed by atoms with Crippen molar-refractivity contribution in [2.24, 2.45) is 0 Å². The fourth-order valence-corrected chi connectivity index (χ4v) is 1.07. The molecule has 0 heterocycles. The zero-order chi connectivity index (χ0) is 12.4. The van der Waals surface area contributed by atoms with Crippen LogP contribution in [0.1, 0.15) is 26.7 Å². The Hall–Kier alpha value is -1.30. The first-order valence-electron chi connectivity index (χ1n) is 5.46. The zero-order valence-corrected chi connectivity index (χ0v) is 9.78. The van der Waals surface area contributed by atoms with Crippen LogP contribution in [0.2, 0.25) is 0 Å². The maximum absolute atomic E-state index is 11.2. The number of carboxylic acids is 1. The highest BCUT2D eigenvalue weighted by atomic mass is 16.5. The predicted octanol–water partition coefficient (Wildman–Crippen LogP) is 0.575. The molecule has 0 aromatic heterocycles. The normalized spacial score (nSPS) is 11.9. The van der Waals surface area contributed by atoms with Gasteiger partial charge in [-0.2, -0.15) is 0 Å². The molecule has 0 aliphatic carbocycles. The number of hydrogen-bond acceptors (Lipinski definition) is 3. The lowest BCUT2D eigenvalue weighted by molar-refractivity contribution is -0.139. The second-order valence-electron chi connectivity index (χ2n) is 3.25. The third-order valence-electron chi connectivity index (χ3n) is 1.97. The molecule has 0 fully saturated rings. The predicted molar refractivity (Wildman–Crippen MR) is 59.4 cm³/mol. The minimum atomic E-state index is -1.02. The third kappa shape index (κ3) is 7.05. The Bertz CT molecular complexity index is 221. The molecule has 0 aromatic carbocycles. The molecule has 0 unspecified atom stereocenters. The first-order valence-corrected chi connectivity index (χ1v) is 5.46. The van der Waals surface area contributed by atoms with Crippen LogP contribution >= 0.6 is 0 Å². The molecule has 0 bridgehead atoms. The van der Waals surface area contributed by atoms with E-state index in [1.165, 1.54) is 0 Å². The first kappa shape index (κ1) is 14.7. The molecule has 1 atom stereocenters. The molecule has 0 rings (SSSR count). The number of hydrogen-bond donors (Lipinski definition) is 3. The number of aliphatic carboxylic acids is 1. The highest BCUT2D eigenvalue weighted by Gasteiger charge is 2.16. The van der Waals surface area contributed by atoms with Gasteiger partial charge in [-0.15, -0.1) is 0 Å². The van der Waals surface area contributed by atoms with Crippen molar-refractivity contribution in [1.82, 2.24) is 10.6 Å². The second kappa shape index (κ2) is 8.96. The summed E-state index contributed by atoms with van der Waals surface area (Å²) in [5, 5.41) is 13.6. The van der Waals surface area contributed by atoms with Gasteiger partial charge in [0.1, 0.15) is 6.04 Å². The van der Waals surface area contributed by atoms with Crippen molar-refractivity contribution >= 4 is 12.0 Å². The number of ether oxygens (including phenoxy) is 1. The van der Waals surface area contributed by atoms with E-state index in [1.807, 2.05) is 6.92 Å². The number of amides is 2. The number of carboxylic acid groups (broad SMARTS) is 1. The van der Waals surface area contributed by atoms with Gasteiger partial charge in [0.05, 0.1) is 0 Å². The van der Waals surface area contributed by atoms with Gasteiger partial charge in [-0.25, -0.2) is 9.59 Å². The van der Waals surface area contributed by atoms with E-state index in [-0.39, 0.29) is 0 Å². The van der Waals surface area contributed by atoms with Crippen molar-refractivity contribution in [2.75, 3.05) is 19.8 Å². The van der Waals surface area contributed by atoms with E-state index in [9.17, 15) is 9.59 Å². The summed E-state index contributed by atoms with van der Waals surface area (Å²) in [6.07, 6.45) is 1.08. The van der Waals surface area contributed by atoms with Crippen molar-refractivity contribution in [3.05, 3.63) is 0 Å². The minimum Gasteiger partial charge on any atom is -0.480 e. The molecule has 0 aromatic rings. The Kier molecular flexibility index (Phi) is 8.24. The van der Waals surface area contributed by atoms with Gasteiger partial charge >= 0.3 is 12.0 Å². The van der Waals surface area contributed by atoms with Crippen LogP contribution in [-0.4, -0.2) is 42.9 Å². The molecular weight excluding hydrogens is 212 g/mol. The van der Waals surface area contributed by atoms with E-state index in [0.717, 1.165) is 0 Å². The number of carbonyl (C=O) groups excluding carboxylic acids is 1. The van der Waals surface area contributed by atoms with E-state index in [0.29, 0.717) is 32.6 Å². The second-order valence-corrected chi connectivity index (χ2v) is 3.25. The van der Waals surface area contributed by atoms with Crippen LogP contribution in [-0.2, 0) is 9.53 Å². The van der Waals surface area contributed by atoms with Gasteiger partial charge in [0.2, 0.25) is 0 Å². The summed E-state index contributed by atoms with van der Waals surface area (Å²) in [5.74, 6) is -1.02. The van der Waals surface area contributed by atoms with E-state index in [1.54, 1.807) is 6.92 Å². The molecule has 3 N–H and O–H groups in total. The van der Waals surface area contributed by atoms with Crippen LogP contribution in [0, 0.1) is 0 Å². The number of carbonyl (C=O) groups is 2. The molecule has 6 nitrogen and oxygen atoms in total. The molecule has 0 aliphatic heterocycles. The number of nitrogens with one attached hydrogen (secondary N) is 2. The highest BCUT2D eigenvalue weighted by Crippen LogP contribution is 1.90. The average molecular weight is 232 g/mol. The largest absolute Gasteiger partial charge is 0.480 e. The van der Waals surface area contributed by atoms with Gasteiger partial charge in [0.15, 0.2) is 0 Å². The standard InChI is InChI=1S/C10H20N2O4/c1-3-8(9(13)14)12-10(15)11-6-5-7-16-4-2/h8H,3-7H2,1-2H3,(H,13,14)(H2,11,12,15)/t8-/m1/s1.